The molecule has 1 aromatic carbocycles. The quantitative estimate of drug-likeness (QED) is 0.476. The number of hydrogen-bond donors (Lipinski definition) is 3. The van der Waals surface area contributed by atoms with Crippen LogP contribution in [0.1, 0.15) is 54.4 Å². The zero-order chi connectivity index (χ0) is 24.8. The Balaban J connectivity index is 1.46. The van der Waals surface area contributed by atoms with Crippen LogP contribution < -0.4 is 16.8 Å². The number of primary amides is 1. The summed E-state index contributed by atoms with van der Waals surface area (Å²) in [7, 11) is 0. The summed E-state index contributed by atoms with van der Waals surface area (Å²) in [5.74, 6) is -1.38. The van der Waals surface area contributed by atoms with E-state index in [2.05, 4.69) is 15.6 Å². The molecule has 0 spiro atoms. The summed E-state index contributed by atoms with van der Waals surface area (Å²) in [5, 5.41) is 10.4. The highest BCUT2D eigenvalue weighted by atomic mass is 19.4. The summed E-state index contributed by atoms with van der Waals surface area (Å²) in [4.78, 5) is 24.3. The van der Waals surface area contributed by atoms with Crippen molar-refractivity contribution in [2.24, 2.45) is 5.73 Å². The van der Waals surface area contributed by atoms with Crippen LogP contribution in [0.5, 0.6) is 0 Å². The summed E-state index contributed by atoms with van der Waals surface area (Å²) in [6.07, 6.45) is -4.62. The maximum Gasteiger partial charge on any atom is 0.401 e. The normalized spacial score (nSPS) is 14.9. The minimum absolute atomic E-state index is 0.0574. The van der Waals surface area contributed by atoms with Gasteiger partial charge < -0.3 is 21.3 Å². The van der Waals surface area contributed by atoms with Crippen molar-refractivity contribution in [3.05, 3.63) is 47.2 Å². The fourth-order valence-electron chi connectivity index (χ4n) is 3.79. The largest absolute Gasteiger partial charge is 0.401 e. The van der Waals surface area contributed by atoms with Crippen molar-refractivity contribution in [2.45, 2.75) is 50.7 Å². The number of carbonyl (C=O) groups is 2. The highest BCUT2D eigenvalue weighted by molar-refractivity contribution is 6.03. The summed E-state index contributed by atoms with van der Waals surface area (Å²) in [6.45, 7) is 3.73. The van der Waals surface area contributed by atoms with Crippen LogP contribution in [-0.4, -0.2) is 32.9 Å². The van der Waals surface area contributed by atoms with Crippen molar-refractivity contribution in [3.63, 3.8) is 0 Å². The minimum atomic E-state index is -4.43. The second-order valence-electron chi connectivity index (χ2n) is 8.59. The van der Waals surface area contributed by atoms with E-state index in [-0.39, 0.29) is 48.3 Å². The van der Waals surface area contributed by atoms with E-state index in [1.54, 1.807) is 24.3 Å². The third kappa shape index (κ3) is 4.11. The lowest BCUT2D eigenvalue weighted by molar-refractivity contribution is -0.165. The Morgan fingerprint density at radius 2 is 1.88 bits per heavy atom. The summed E-state index contributed by atoms with van der Waals surface area (Å²) in [6, 6.07) is 7.72. The van der Waals surface area contributed by atoms with Crippen molar-refractivity contribution in [2.75, 3.05) is 11.1 Å². The first-order valence-electron chi connectivity index (χ1n) is 10.5. The molecule has 0 radical (unpaired) electrons. The molecule has 0 unspecified atom stereocenters. The van der Waals surface area contributed by atoms with Crippen LogP contribution in [0.15, 0.2) is 34.9 Å². The molecule has 2 aromatic heterocycles. The molecule has 0 atom stereocenters. The fraction of sp³-hybridized carbons (Fsp3) is 0.364. The Morgan fingerprint density at radius 3 is 2.41 bits per heavy atom. The Morgan fingerprint density at radius 1 is 1.24 bits per heavy atom. The number of nitrogens with two attached hydrogens (primary N) is 2. The van der Waals surface area contributed by atoms with E-state index in [1.807, 2.05) is 13.8 Å². The monoisotopic (exact) mass is 476 g/mol. The highest BCUT2D eigenvalue weighted by Crippen LogP contribution is 2.59. The standard InChI is InChI=1S/C22H23F3N6O3/c1-11(2)31-19(26)17(20(27)33)18(29-31)13-5-3-12(4-6-13)9-16(32)28-15-10-14(34-30-15)21(7-8-21)22(23,24)25/h3-6,10-11H,7-9,26H2,1-2H3,(H2,27,33)(H,28,30,32). The number of nitrogens with one attached hydrogen (secondary N) is 1. The molecule has 1 saturated carbocycles. The zero-order valence-electron chi connectivity index (χ0n) is 18.4. The van der Waals surface area contributed by atoms with Crippen molar-refractivity contribution >= 4 is 23.5 Å². The lowest BCUT2D eigenvalue weighted by Gasteiger charge is -2.14. The Labute approximate surface area is 192 Å². The molecule has 180 valence electrons. The molecule has 5 N–H and O–H groups in total. The van der Waals surface area contributed by atoms with Crippen LogP contribution in [0.2, 0.25) is 0 Å². The molecule has 0 saturated heterocycles. The maximum absolute atomic E-state index is 13.2. The lowest BCUT2D eigenvalue weighted by atomic mass is 10.0. The average Bonchev–Trinajstić information content (AvgIpc) is 3.32. The summed E-state index contributed by atoms with van der Waals surface area (Å²) in [5.41, 5.74) is 11.2. The first-order valence-corrected chi connectivity index (χ1v) is 10.5. The molecule has 2 heterocycles. The van der Waals surface area contributed by atoms with E-state index in [0.29, 0.717) is 16.8 Å². The van der Waals surface area contributed by atoms with Gasteiger partial charge in [-0.3, -0.25) is 9.59 Å². The highest BCUT2D eigenvalue weighted by Gasteiger charge is 2.66. The van der Waals surface area contributed by atoms with Crippen molar-refractivity contribution in [1.82, 2.24) is 14.9 Å². The van der Waals surface area contributed by atoms with Gasteiger partial charge in [0.15, 0.2) is 11.6 Å². The van der Waals surface area contributed by atoms with Crippen LogP contribution in [0.25, 0.3) is 11.3 Å². The van der Waals surface area contributed by atoms with Crippen LogP contribution in [0.3, 0.4) is 0 Å². The van der Waals surface area contributed by atoms with Gasteiger partial charge >= 0.3 is 6.18 Å². The average molecular weight is 476 g/mol. The molecule has 0 aliphatic heterocycles. The molecular weight excluding hydrogens is 453 g/mol. The number of rotatable bonds is 7. The molecule has 1 aliphatic carbocycles. The topological polar surface area (TPSA) is 142 Å². The molecule has 2 amide bonds. The van der Waals surface area contributed by atoms with Gasteiger partial charge in [0.2, 0.25) is 5.91 Å². The molecule has 12 heteroatoms. The fourth-order valence-corrected chi connectivity index (χ4v) is 3.79. The van der Waals surface area contributed by atoms with Crippen molar-refractivity contribution < 1.29 is 27.3 Å². The van der Waals surface area contributed by atoms with Crippen LogP contribution in [0, 0.1) is 0 Å². The van der Waals surface area contributed by atoms with E-state index in [9.17, 15) is 22.8 Å². The minimum Gasteiger partial charge on any atom is -0.383 e. The SMILES string of the molecule is CC(C)n1nc(-c2ccc(CC(=O)Nc3cc(C4(C(F)(F)F)CC4)on3)cc2)c(C(N)=O)c1N. The van der Waals surface area contributed by atoms with Gasteiger partial charge in [-0.15, -0.1) is 0 Å². The molecule has 0 bridgehead atoms. The van der Waals surface area contributed by atoms with Gasteiger partial charge in [0.1, 0.15) is 22.5 Å². The number of benzene rings is 1. The van der Waals surface area contributed by atoms with E-state index in [0.717, 1.165) is 6.07 Å². The molecule has 1 fully saturated rings. The van der Waals surface area contributed by atoms with Gasteiger partial charge in [-0.25, -0.2) is 4.68 Å². The Hall–Kier alpha value is -3.83. The third-order valence-corrected chi connectivity index (χ3v) is 5.82. The number of halogens is 3. The van der Waals surface area contributed by atoms with Crippen LogP contribution in [0.4, 0.5) is 24.8 Å². The van der Waals surface area contributed by atoms with Gasteiger partial charge in [-0.2, -0.15) is 18.3 Å². The lowest BCUT2D eigenvalue weighted by Crippen LogP contribution is -2.28. The van der Waals surface area contributed by atoms with Gasteiger partial charge in [-0.1, -0.05) is 29.4 Å². The molecule has 4 rings (SSSR count). The zero-order valence-corrected chi connectivity index (χ0v) is 18.4. The van der Waals surface area contributed by atoms with Gasteiger partial charge in [-0.05, 0) is 32.3 Å². The Kier molecular flexibility index (Phi) is 5.62. The van der Waals surface area contributed by atoms with E-state index in [1.165, 1.54) is 4.68 Å². The number of carbonyl (C=O) groups excluding carboxylic acids is 2. The first kappa shape index (κ1) is 23.3. The van der Waals surface area contributed by atoms with Gasteiger partial charge in [0, 0.05) is 17.7 Å². The summed E-state index contributed by atoms with van der Waals surface area (Å²) >= 11 is 0. The molecule has 1 aliphatic rings. The van der Waals surface area contributed by atoms with Crippen molar-refractivity contribution in [1.29, 1.82) is 0 Å². The van der Waals surface area contributed by atoms with E-state index in [4.69, 9.17) is 16.0 Å². The number of alkyl halides is 3. The number of aromatic nitrogens is 3. The second-order valence-corrected chi connectivity index (χ2v) is 8.59. The molecule has 9 nitrogen and oxygen atoms in total. The number of nitrogen functional groups attached to an aromatic ring is 1. The van der Waals surface area contributed by atoms with E-state index < -0.39 is 23.4 Å². The maximum atomic E-state index is 13.2. The number of amides is 2. The number of hydrogen-bond acceptors (Lipinski definition) is 6. The van der Waals surface area contributed by atoms with Gasteiger partial charge in [0.25, 0.3) is 5.91 Å². The molecular formula is C22H23F3N6O3. The number of nitrogens with zero attached hydrogens (tertiary/aromatic N) is 3. The van der Waals surface area contributed by atoms with Crippen LogP contribution >= 0.6 is 0 Å². The smallest absolute Gasteiger partial charge is 0.383 e. The molecule has 3 aromatic rings. The number of anilines is 2. The van der Waals surface area contributed by atoms with E-state index >= 15 is 0 Å². The third-order valence-electron chi connectivity index (χ3n) is 5.82. The van der Waals surface area contributed by atoms with Crippen molar-refractivity contribution in [3.8, 4) is 11.3 Å². The van der Waals surface area contributed by atoms with Crippen LogP contribution in [-0.2, 0) is 16.6 Å². The molecule has 34 heavy (non-hydrogen) atoms. The predicted molar refractivity (Wildman–Crippen MR) is 117 cm³/mol. The summed E-state index contributed by atoms with van der Waals surface area (Å²) < 4.78 is 46.0. The van der Waals surface area contributed by atoms with Gasteiger partial charge in [0.05, 0.1) is 6.42 Å². The second kappa shape index (κ2) is 8.19. The predicted octanol–water partition coefficient (Wildman–Crippen LogP) is 3.58. The Bertz CT molecular complexity index is 1240. The first-order chi connectivity index (χ1) is 15.9.